The Kier molecular flexibility index (Phi) is 4.49. The van der Waals surface area contributed by atoms with E-state index in [4.69, 9.17) is 0 Å². The molecule has 1 saturated carbocycles. The number of hydrogen-bond acceptors (Lipinski definition) is 2. The highest BCUT2D eigenvalue weighted by Gasteiger charge is 2.14. The van der Waals surface area contributed by atoms with Gasteiger partial charge in [0.1, 0.15) is 12.1 Å². The van der Waals surface area contributed by atoms with E-state index >= 15 is 0 Å². The molecule has 0 bridgehead atoms. The second-order valence-electron chi connectivity index (χ2n) is 5.88. The van der Waals surface area contributed by atoms with Crippen LogP contribution in [0.25, 0.3) is 11.4 Å². The fourth-order valence-electron chi connectivity index (χ4n) is 3.31. The molecule has 0 saturated heterocycles. The van der Waals surface area contributed by atoms with Crippen LogP contribution in [0.15, 0.2) is 36.7 Å². The van der Waals surface area contributed by atoms with Crippen LogP contribution in [0, 0.1) is 0 Å². The zero-order valence-electron chi connectivity index (χ0n) is 12.4. The van der Waals surface area contributed by atoms with Crippen molar-refractivity contribution in [2.45, 2.75) is 51.0 Å². The second-order valence-corrected chi connectivity index (χ2v) is 5.88. The maximum absolute atomic E-state index is 10.7. The Hall–Kier alpha value is -1.90. The molecule has 0 spiro atoms. The predicted molar refractivity (Wildman–Crippen MR) is 84.2 cm³/mol. The van der Waals surface area contributed by atoms with Crippen LogP contribution in [0.2, 0.25) is 0 Å². The van der Waals surface area contributed by atoms with Crippen molar-refractivity contribution < 1.29 is 4.79 Å². The van der Waals surface area contributed by atoms with E-state index in [1.807, 2.05) is 10.8 Å². The summed E-state index contributed by atoms with van der Waals surface area (Å²) in [7, 11) is 0. The summed E-state index contributed by atoms with van der Waals surface area (Å²) < 4.78 is 1.88. The molecule has 1 heterocycles. The third-order valence-corrected chi connectivity index (χ3v) is 4.48. The van der Waals surface area contributed by atoms with Crippen LogP contribution >= 0.6 is 0 Å². The molecule has 1 aliphatic rings. The van der Waals surface area contributed by atoms with E-state index in [0.717, 1.165) is 23.6 Å². The molecule has 0 amide bonds. The van der Waals surface area contributed by atoms with Crippen LogP contribution in [0.5, 0.6) is 0 Å². The Morgan fingerprint density at radius 3 is 2.48 bits per heavy atom. The minimum absolute atomic E-state index is 0.361. The van der Waals surface area contributed by atoms with Gasteiger partial charge < -0.3 is 9.36 Å². The largest absolute Gasteiger partial charge is 0.324 e. The van der Waals surface area contributed by atoms with Crippen molar-refractivity contribution in [1.29, 1.82) is 0 Å². The Morgan fingerprint density at radius 2 is 1.81 bits per heavy atom. The molecule has 2 aromatic rings. The Bertz CT molecular complexity index is 578. The summed E-state index contributed by atoms with van der Waals surface area (Å²) in [6, 6.07) is 8.77. The first-order valence-corrected chi connectivity index (χ1v) is 7.93. The van der Waals surface area contributed by atoms with Crippen molar-refractivity contribution >= 4 is 6.29 Å². The number of rotatable bonds is 4. The number of aromatic nitrogens is 2. The van der Waals surface area contributed by atoms with Gasteiger partial charge in [-0.05, 0) is 24.3 Å². The van der Waals surface area contributed by atoms with Gasteiger partial charge in [0.25, 0.3) is 0 Å². The lowest BCUT2D eigenvalue weighted by Gasteiger charge is -2.15. The van der Waals surface area contributed by atoms with Gasteiger partial charge in [0.05, 0.1) is 6.54 Å². The second kappa shape index (κ2) is 6.70. The fraction of sp³-hybridized carbons (Fsp3) is 0.444. The van der Waals surface area contributed by atoms with Crippen LogP contribution in [0.1, 0.15) is 50.0 Å². The standard InChI is InChI=1S/C18H22N2O/c21-14-13-20-12-11-19-18(20)17-9-7-16(8-10-17)15-5-3-1-2-4-6-15/h7-12,14-15H,1-6,13H2. The average Bonchev–Trinajstić information content (AvgIpc) is 2.81. The minimum atomic E-state index is 0.361. The van der Waals surface area contributed by atoms with Crippen LogP contribution in [-0.2, 0) is 11.3 Å². The monoisotopic (exact) mass is 282 g/mol. The molecular weight excluding hydrogens is 260 g/mol. The fourth-order valence-corrected chi connectivity index (χ4v) is 3.31. The summed E-state index contributed by atoms with van der Waals surface area (Å²) >= 11 is 0. The van der Waals surface area contributed by atoms with E-state index in [-0.39, 0.29) is 0 Å². The van der Waals surface area contributed by atoms with E-state index in [1.54, 1.807) is 6.20 Å². The number of aldehydes is 1. The molecule has 1 aliphatic carbocycles. The molecule has 110 valence electrons. The van der Waals surface area contributed by atoms with Crippen molar-refractivity contribution in [3.8, 4) is 11.4 Å². The Balaban J connectivity index is 1.79. The van der Waals surface area contributed by atoms with Crippen molar-refractivity contribution in [3.05, 3.63) is 42.2 Å². The maximum Gasteiger partial charge on any atom is 0.140 e. The lowest BCUT2D eigenvalue weighted by molar-refractivity contribution is -0.108. The van der Waals surface area contributed by atoms with Gasteiger partial charge in [-0.25, -0.2) is 4.98 Å². The molecule has 0 aliphatic heterocycles. The molecule has 3 rings (SSSR count). The first-order chi connectivity index (χ1) is 10.4. The van der Waals surface area contributed by atoms with Gasteiger partial charge >= 0.3 is 0 Å². The van der Waals surface area contributed by atoms with Crippen LogP contribution < -0.4 is 0 Å². The summed E-state index contributed by atoms with van der Waals surface area (Å²) in [6.45, 7) is 0.361. The minimum Gasteiger partial charge on any atom is -0.324 e. The Morgan fingerprint density at radius 1 is 1.10 bits per heavy atom. The highest BCUT2D eigenvalue weighted by atomic mass is 16.1. The smallest absolute Gasteiger partial charge is 0.140 e. The van der Waals surface area contributed by atoms with Gasteiger partial charge in [0.15, 0.2) is 0 Å². The number of benzene rings is 1. The molecule has 1 aromatic carbocycles. The number of hydrogen-bond donors (Lipinski definition) is 0. The van der Waals surface area contributed by atoms with E-state index < -0.39 is 0 Å². The summed E-state index contributed by atoms with van der Waals surface area (Å²) in [5.74, 6) is 1.59. The van der Waals surface area contributed by atoms with E-state index in [0.29, 0.717) is 6.54 Å². The van der Waals surface area contributed by atoms with Crippen LogP contribution in [0.4, 0.5) is 0 Å². The quantitative estimate of drug-likeness (QED) is 0.622. The van der Waals surface area contributed by atoms with Crippen molar-refractivity contribution in [3.63, 3.8) is 0 Å². The number of nitrogens with zero attached hydrogens (tertiary/aromatic N) is 2. The maximum atomic E-state index is 10.7. The normalized spacial score (nSPS) is 16.6. The van der Waals surface area contributed by atoms with E-state index in [2.05, 4.69) is 29.2 Å². The average molecular weight is 282 g/mol. The number of imidazole rings is 1. The summed E-state index contributed by atoms with van der Waals surface area (Å²) in [5, 5.41) is 0. The topological polar surface area (TPSA) is 34.9 Å². The molecule has 3 heteroatoms. The first kappa shape index (κ1) is 14.1. The van der Waals surface area contributed by atoms with E-state index in [9.17, 15) is 4.79 Å². The lowest BCUT2D eigenvalue weighted by Crippen LogP contribution is -2.01. The predicted octanol–water partition coefficient (Wildman–Crippen LogP) is 4.19. The lowest BCUT2D eigenvalue weighted by atomic mass is 9.91. The van der Waals surface area contributed by atoms with Crippen LogP contribution in [-0.4, -0.2) is 15.8 Å². The molecule has 3 nitrogen and oxygen atoms in total. The molecule has 21 heavy (non-hydrogen) atoms. The molecule has 0 atom stereocenters. The first-order valence-electron chi connectivity index (χ1n) is 7.93. The summed E-state index contributed by atoms with van der Waals surface area (Å²) in [6.07, 6.45) is 12.6. The zero-order valence-corrected chi connectivity index (χ0v) is 12.4. The molecular formula is C18H22N2O. The molecule has 0 unspecified atom stereocenters. The number of carbonyl (C=O) groups is 1. The highest BCUT2D eigenvalue weighted by Crippen LogP contribution is 2.32. The van der Waals surface area contributed by atoms with E-state index in [1.165, 1.54) is 44.1 Å². The third-order valence-electron chi connectivity index (χ3n) is 4.48. The molecule has 0 N–H and O–H groups in total. The third kappa shape index (κ3) is 3.23. The van der Waals surface area contributed by atoms with Crippen LogP contribution in [0.3, 0.4) is 0 Å². The molecule has 1 fully saturated rings. The van der Waals surface area contributed by atoms with Crippen molar-refractivity contribution in [2.24, 2.45) is 0 Å². The summed E-state index contributed by atoms with van der Waals surface area (Å²) in [5.41, 5.74) is 2.54. The molecule has 1 aromatic heterocycles. The van der Waals surface area contributed by atoms with Gasteiger partial charge in [-0.15, -0.1) is 0 Å². The summed E-state index contributed by atoms with van der Waals surface area (Å²) in [4.78, 5) is 15.1. The SMILES string of the molecule is O=CCn1ccnc1-c1ccc(C2CCCCCC2)cc1. The van der Waals surface area contributed by atoms with Crippen molar-refractivity contribution in [2.75, 3.05) is 0 Å². The van der Waals surface area contributed by atoms with Gasteiger partial charge in [-0.2, -0.15) is 0 Å². The zero-order chi connectivity index (χ0) is 14.5. The Labute approximate surface area is 126 Å². The van der Waals surface area contributed by atoms with Crippen molar-refractivity contribution in [1.82, 2.24) is 9.55 Å². The molecule has 0 radical (unpaired) electrons. The highest BCUT2D eigenvalue weighted by molar-refractivity contribution is 5.58. The van der Waals surface area contributed by atoms with Gasteiger partial charge in [0, 0.05) is 18.0 Å². The van der Waals surface area contributed by atoms with Gasteiger partial charge in [-0.1, -0.05) is 49.9 Å². The number of carbonyl (C=O) groups excluding carboxylic acids is 1. The van der Waals surface area contributed by atoms with Gasteiger partial charge in [0.2, 0.25) is 0 Å². The van der Waals surface area contributed by atoms with Gasteiger partial charge in [-0.3, -0.25) is 0 Å².